The third-order valence-corrected chi connectivity index (χ3v) is 11.8. The van der Waals surface area contributed by atoms with Crippen molar-refractivity contribution in [1.82, 2.24) is 15.5 Å². The average molecular weight is 658 g/mol. The Hall–Kier alpha value is -3.39. The largest absolute Gasteiger partial charge is 0.508 e. The van der Waals surface area contributed by atoms with Gasteiger partial charge in [-0.05, 0) is 97.1 Å². The molecule has 1 heterocycles. The fourth-order valence-corrected chi connectivity index (χ4v) is 8.50. The number of hydrogen-bond acceptors (Lipinski definition) is 5. The molecule has 0 aromatic heterocycles. The summed E-state index contributed by atoms with van der Waals surface area (Å²) in [4.78, 5) is 34.8. The molecule has 0 unspecified atom stereocenters. The molecular weight excluding hydrogens is 598 g/mol. The second kappa shape index (κ2) is 15.4. The van der Waals surface area contributed by atoms with Crippen molar-refractivity contribution < 1.29 is 14.7 Å². The van der Waals surface area contributed by atoms with Gasteiger partial charge >= 0.3 is 0 Å². The second-order valence-corrected chi connectivity index (χ2v) is 15.4. The molecule has 8 heteroatoms. The van der Waals surface area contributed by atoms with Crippen LogP contribution in [0.15, 0.2) is 53.5 Å². The molecule has 0 spiro atoms. The standard InChI is InChI=1S/C40H59N5O3/c1-6-36(41)42-19-12-7-8-13-20-43-37(47)34(22-27(2)3)44-38(48)40(30-14-10-9-11-15-30)25-31(40)26-45-21-18-39(5)28(4)35(45)23-29-16-17-32(46)24-33(29)39/h9-11,14-17,24,27-28,31,34-35,46H,6-8,12-13,18-23,25-26H2,1-5H3,(H2,41,42)(H,43,47)(H,44,48)/t28-,31-,34+,35-,39-,40+/m1/s1. The van der Waals surface area contributed by atoms with E-state index in [1.54, 1.807) is 0 Å². The normalized spacial score (nSPS) is 27.3. The Kier molecular flexibility index (Phi) is 11.5. The minimum Gasteiger partial charge on any atom is -0.508 e. The van der Waals surface area contributed by atoms with Crippen LogP contribution in [0.1, 0.15) is 103 Å². The summed E-state index contributed by atoms with van der Waals surface area (Å²) in [7, 11) is 0. The van der Waals surface area contributed by atoms with E-state index in [9.17, 15) is 14.7 Å². The van der Waals surface area contributed by atoms with Gasteiger partial charge in [-0.15, -0.1) is 0 Å². The van der Waals surface area contributed by atoms with Crippen LogP contribution in [0, 0.1) is 17.8 Å². The lowest BCUT2D eigenvalue weighted by atomic mass is 9.59. The molecule has 262 valence electrons. The number of amidine groups is 1. The van der Waals surface area contributed by atoms with Gasteiger partial charge in [0.05, 0.1) is 11.3 Å². The van der Waals surface area contributed by atoms with E-state index in [2.05, 4.69) is 66.4 Å². The highest BCUT2D eigenvalue weighted by molar-refractivity contribution is 5.95. The fourth-order valence-electron chi connectivity index (χ4n) is 8.50. The summed E-state index contributed by atoms with van der Waals surface area (Å²) in [6.07, 6.45) is 8.12. The van der Waals surface area contributed by atoms with Crippen molar-refractivity contribution in [2.24, 2.45) is 28.5 Å². The number of aliphatic imine (C=N–C) groups is 1. The van der Waals surface area contributed by atoms with E-state index in [-0.39, 0.29) is 29.1 Å². The lowest BCUT2D eigenvalue weighted by Gasteiger charge is -2.55. The molecule has 1 aliphatic heterocycles. The van der Waals surface area contributed by atoms with Gasteiger partial charge in [0.1, 0.15) is 11.8 Å². The van der Waals surface area contributed by atoms with E-state index in [1.807, 2.05) is 37.3 Å². The van der Waals surface area contributed by atoms with Crippen molar-refractivity contribution in [3.63, 3.8) is 0 Å². The first-order chi connectivity index (χ1) is 23.0. The van der Waals surface area contributed by atoms with Crippen LogP contribution in [0.3, 0.4) is 0 Å². The molecule has 1 saturated carbocycles. The lowest BCUT2D eigenvalue weighted by Crippen LogP contribution is -2.58. The first kappa shape index (κ1) is 35.9. The number of fused-ring (bicyclic) bond motifs is 4. The monoisotopic (exact) mass is 657 g/mol. The highest BCUT2D eigenvalue weighted by atomic mass is 16.3. The lowest BCUT2D eigenvalue weighted by molar-refractivity contribution is -0.131. The van der Waals surface area contributed by atoms with Gasteiger partial charge in [0.2, 0.25) is 11.8 Å². The van der Waals surface area contributed by atoms with Gasteiger partial charge in [-0.3, -0.25) is 19.5 Å². The van der Waals surface area contributed by atoms with Crippen LogP contribution in [0.25, 0.3) is 0 Å². The summed E-state index contributed by atoms with van der Waals surface area (Å²) in [5.74, 6) is 1.82. The van der Waals surface area contributed by atoms with Gasteiger partial charge in [0.15, 0.2) is 0 Å². The van der Waals surface area contributed by atoms with E-state index >= 15 is 0 Å². The first-order valence-corrected chi connectivity index (χ1v) is 18.5. The summed E-state index contributed by atoms with van der Waals surface area (Å²) in [6.45, 7) is 14.1. The molecule has 2 amide bonds. The smallest absolute Gasteiger partial charge is 0.242 e. The number of nitrogens with zero attached hydrogens (tertiary/aromatic N) is 2. The van der Waals surface area contributed by atoms with Gasteiger partial charge < -0.3 is 21.5 Å². The zero-order valence-corrected chi connectivity index (χ0v) is 29.9. The molecule has 8 nitrogen and oxygen atoms in total. The number of benzene rings is 2. The van der Waals surface area contributed by atoms with E-state index in [4.69, 9.17) is 5.73 Å². The van der Waals surface area contributed by atoms with E-state index < -0.39 is 11.5 Å². The van der Waals surface area contributed by atoms with Gasteiger partial charge in [0.25, 0.3) is 0 Å². The van der Waals surface area contributed by atoms with E-state index in [0.717, 1.165) is 76.6 Å². The maximum Gasteiger partial charge on any atom is 0.242 e. The van der Waals surface area contributed by atoms with Crippen LogP contribution in [-0.2, 0) is 26.8 Å². The SMILES string of the molecule is CCC(N)=NCCCCCCNC(=O)[C@H](CC(C)C)NC(=O)[C@]1(c2ccccc2)C[C@@H]1CN1CC[C@@]2(C)c3cc(O)ccc3C[C@@H]1[C@H]2C. The Morgan fingerprint density at radius 2 is 1.85 bits per heavy atom. The zero-order chi connectivity index (χ0) is 34.5. The quantitative estimate of drug-likeness (QED) is 0.103. The van der Waals surface area contributed by atoms with Gasteiger partial charge in [-0.25, -0.2) is 0 Å². The molecule has 3 aliphatic rings. The van der Waals surface area contributed by atoms with E-state index in [0.29, 0.717) is 36.5 Å². The molecule has 5 rings (SSSR count). The van der Waals surface area contributed by atoms with Crippen LogP contribution >= 0.6 is 0 Å². The minimum absolute atomic E-state index is 0.0224. The molecule has 2 aromatic rings. The summed E-state index contributed by atoms with van der Waals surface area (Å²) >= 11 is 0. The van der Waals surface area contributed by atoms with Crippen molar-refractivity contribution in [3.8, 4) is 5.75 Å². The second-order valence-electron chi connectivity index (χ2n) is 15.4. The molecule has 6 atom stereocenters. The van der Waals surface area contributed by atoms with Crippen molar-refractivity contribution in [1.29, 1.82) is 0 Å². The Labute approximate surface area is 288 Å². The minimum atomic E-state index is -0.636. The molecule has 1 saturated heterocycles. The van der Waals surface area contributed by atoms with Crippen molar-refractivity contribution >= 4 is 17.6 Å². The number of nitrogens with two attached hydrogens (primary N) is 1. The molecule has 2 aliphatic carbocycles. The molecule has 2 aromatic carbocycles. The number of amides is 2. The first-order valence-electron chi connectivity index (χ1n) is 18.5. The fraction of sp³-hybridized carbons (Fsp3) is 0.625. The number of rotatable bonds is 16. The Morgan fingerprint density at radius 1 is 1.10 bits per heavy atom. The number of carbonyl (C=O) groups excluding carboxylic acids is 2. The molecule has 2 fully saturated rings. The Bertz CT molecular complexity index is 1440. The van der Waals surface area contributed by atoms with Crippen LogP contribution in [-0.4, -0.2) is 65.9 Å². The Morgan fingerprint density at radius 3 is 2.58 bits per heavy atom. The van der Waals surface area contributed by atoms with Gasteiger partial charge in [-0.1, -0.05) is 83.9 Å². The highest BCUT2D eigenvalue weighted by Crippen LogP contribution is 2.57. The number of piperidine rings is 1. The summed E-state index contributed by atoms with van der Waals surface area (Å²) in [5.41, 5.74) is 8.85. The maximum atomic E-state index is 14.4. The molecule has 5 N–H and O–H groups in total. The summed E-state index contributed by atoms with van der Waals surface area (Å²) in [6, 6.07) is 15.9. The van der Waals surface area contributed by atoms with Crippen molar-refractivity contribution in [2.45, 2.75) is 115 Å². The molecule has 2 bridgehead atoms. The highest BCUT2D eigenvalue weighted by Gasteiger charge is 2.62. The molecule has 0 radical (unpaired) electrons. The topological polar surface area (TPSA) is 120 Å². The van der Waals surface area contributed by atoms with Crippen molar-refractivity contribution in [2.75, 3.05) is 26.2 Å². The third kappa shape index (κ3) is 7.74. The van der Waals surface area contributed by atoms with Gasteiger partial charge in [-0.2, -0.15) is 0 Å². The number of unbranched alkanes of at least 4 members (excludes halogenated alkanes) is 3. The summed E-state index contributed by atoms with van der Waals surface area (Å²) < 4.78 is 0. The van der Waals surface area contributed by atoms with Crippen molar-refractivity contribution in [3.05, 3.63) is 65.2 Å². The molecular formula is C40H59N5O3. The van der Waals surface area contributed by atoms with Crippen LogP contribution in [0.2, 0.25) is 0 Å². The molecule has 48 heavy (non-hydrogen) atoms. The third-order valence-electron chi connectivity index (χ3n) is 11.8. The number of nitrogens with one attached hydrogen (secondary N) is 2. The number of phenols is 1. The number of carbonyl (C=O) groups is 2. The van der Waals surface area contributed by atoms with Crippen LogP contribution < -0.4 is 16.4 Å². The number of hydrogen-bond donors (Lipinski definition) is 4. The van der Waals surface area contributed by atoms with E-state index in [1.165, 1.54) is 11.1 Å². The number of likely N-dealkylation sites (tertiary alicyclic amines) is 1. The summed E-state index contributed by atoms with van der Waals surface area (Å²) in [5, 5.41) is 16.6. The predicted molar refractivity (Wildman–Crippen MR) is 194 cm³/mol. The predicted octanol–water partition coefficient (Wildman–Crippen LogP) is 5.85. The van der Waals surface area contributed by atoms with Gasteiger partial charge in [0, 0.05) is 32.1 Å². The number of aromatic hydroxyl groups is 1. The Balaban J connectivity index is 1.23. The zero-order valence-electron chi connectivity index (χ0n) is 29.9. The average Bonchev–Trinajstić information content (AvgIpc) is 3.80. The maximum absolute atomic E-state index is 14.4. The van der Waals surface area contributed by atoms with Crippen LogP contribution in [0.5, 0.6) is 5.75 Å². The van der Waals surface area contributed by atoms with Crippen LogP contribution in [0.4, 0.5) is 0 Å². The number of phenolic OH excluding ortho intramolecular Hbond substituents is 1.